The van der Waals surface area contributed by atoms with Crippen LogP contribution in [0.3, 0.4) is 0 Å². The lowest BCUT2D eigenvalue weighted by atomic mass is 10.1. The molecule has 0 aliphatic carbocycles. The van der Waals surface area contributed by atoms with Crippen LogP contribution in [0, 0.1) is 0 Å². The van der Waals surface area contributed by atoms with Gasteiger partial charge in [0.25, 0.3) is 5.91 Å². The lowest BCUT2D eigenvalue weighted by Crippen LogP contribution is -2.27. The minimum Gasteiger partial charge on any atom is -0.359 e. The molecule has 0 saturated heterocycles. The molecule has 4 aromatic rings. The lowest BCUT2D eigenvalue weighted by Gasteiger charge is -2.17. The minimum absolute atomic E-state index is 0.140. The molecule has 0 bridgehead atoms. The number of carbonyl (C=O) groups excluding carboxylic acids is 1. The van der Waals surface area contributed by atoms with Crippen LogP contribution in [0.4, 0.5) is 0 Å². The summed E-state index contributed by atoms with van der Waals surface area (Å²) in [6.07, 6.45) is 6.53. The first kappa shape index (κ1) is 16.6. The van der Waals surface area contributed by atoms with Gasteiger partial charge >= 0.3 is 0 Å². The zero-order valence-electron chi connectivity index (χ0n) is 14.6. The first-order chi connectivity index (χ1) is 13.2. The zero-order valence-corrected chi connectivity index (χ0v) is 14.6. The topological polar surface area (TPSA) is 89.9 Å². The maximum atomic E-state index is 12.9. The molecule has 27 heavy (non-hydrogen) atoms. The molecule has 0 N–H and O–H groups in total. The van der Waals surface area contributed by atoms with Crippen LogP contribution in [0.2, 0.25) is 0 Å². The van der Waals surface area contributed by atoms with Crippen LogP contribution in [0.15, 0.2) is 72.0 Å². The fraction of sp³-hybridized carbons (Fsp3) is 0.105. The van der Waals surface area contributed by atoms with Gasteiger partial charge in [-0.3, -0.25) is 14.3 Å². The molecule has 3 heterocycles. The Labute approximate surface area is 155 Å². The van der Waals surface area contributed by atoms with E-state index in [1.54, 1.807) is 47.6 Å². The average molecular weight is 360 g/mol. The van der Waals surface area contributed by atoms with E-state index in [0.717, 1.165) is 5.56 Å². The molecule has 8 nitrogen and oxygen atoms in total. The van der Waals surface area contributed by atoms with Crippen LogP contribution in [0.25, 0.3) is 16.9 Å². The molecule has 3 aromatic heterocycles. The Hall–Kier alpha value is -3.81. The maximum Gasteiger partial charge on any atom is 0.256 e. The van der Waals surface area contributed by atoms with Crippen molar-refractivity contribution in [1.82, 2.24) is 29.8 Å². The molecule has 0 spiro atoms. The van der Waals surface area contributed by atoms with Gasteiger partial charge in [0.05, 0.1) is 17.8 Å². The van der Waals surface area contributed by atoms with Crippen LogP contribution < -0.4 is 0 Å². The van der Waals surface area contributed by atoms with E-state index in [1.807, 2.05) is 36.4 Å². The van der Waals surface area contributed by atoms with Crippen molar-refractivity contribution < 1.29 is 9.32 Å². The van der Waals surface area contributed by atoms with Gasteiger partial charge in [0.2, 0.25) is 0 Å². The average Bonchev–Trinajstić information content (AvgIpc) is 3.40. The summed E-state index contributed by atoms with van der Waals surface area (Å²) in [5.74, 6) is 0.449. The van der Waals surface area contributed by atoms with Crippen molar-refractivity contribution in [2.24, 2.45) is 0 Å². The van der Waals surface area contributed by atoms with Gasteiger partial charge in [0.15, 0.2) is 5.76 Å². The molecule has 1 aromatic carbocycles. The van der Waals surface area contributed by atoms with Gasteiger partial charge in [0.1, 0.15) is 18.3 Å². The number of benzene rings is 1. The van der Waals surface area contributed by atoms with Gasteiger partial charge in [0, 0.05) is 31.1 Å². The Bertz CT molecular complexity index is 1040. The second-order valence-corrected chi connectivity index (χ2v) is 5.97. The number of amides is 1. The van der Waals surface area contributed by atoms with Gasteiger partial charge in [-0.1, -0.05) is 17.3 Å². The molecule has 0 aliphatic heterocycles. The summed E-state index contributed by atoms with van der Waals surface area (Å²) < 4.78 is 7.09. The maximum absolute atomic E-state index is 12.9. The Balaban J connectivity index is 1.54. The predicted molar refractivity (Wildman–Crippen MR) is 96.9 cm³/mol. The van der Waals surface area contributed by atoms with E-state index in [1.165, 1.54) is 0 Å². The minimum atomic E-state index is -0.140. The van der Waals surface area contributed by atoms with Gasteiger partial charge in [-0.15, -0.1) is 10.2 Å². The highest BCUT2D eigenvalue weighted by Gasteiger charge is 2.18. The van der Waals surface area contributed by atoms with Crippen LogP contribution in [0.5, 0.6) is 0 Å². The third-order valence-electron chi connectivity index (χ3n) is 4.09. The van der Waals surface area contributed by atoms with E-state index in [2.05, 4.69) is 20.3 Å². The summed E-state index contributed by atoms with van der Waals surface area (Å²) in [6.45, 7) is 0.294. The Morgan fingerprint density at radius 2 is 1.96 bits per heavy atom. The van der Waals surface area contributed by atoms with Crippen LogP contribution in [0.1, 0.15) is 16.1 Å². The fourth-order valence-electron chi connectivity index (χ4n) is 2.75. The molecule has 134 valence electrons. The Morgan fingerprint density at radius 3 is 2.74 bits per heavy atom. The summed E-state index contributed by atoms with van der Waals surface area (Å²) in [5.41, 5.74) is 2.81. The summed E-state index contributed by atoms with van der Waals surface area (Å²) in [4.78, 5) is 18.6. The van der Waals surface area contributed by atoms with E-state index in [4.69, 9.17) is 4.52 Å². The number of aromatic nitrogens is 5. The van der Waals surface area contributed by atoms with Gasteiger partial charge in [-0.25, -0.2) is 0 Å². The molecule has 0 atom stereocenters. The number of rotatable bonds is 5. The van der Waals surface area contributed by atoms with Gasteiger partial charge in [-0.2, -0.15) is 0 Å². The highest BCUT2D eigenvalue weighted by atomic mass is 16.5. The summed E-state index contributed by atoms with van der Waals surface area (Å²) in [6, 6.07) is 12.9. The summed E-state index contributed by atoms with van der Waals surface area (Å²) >= 11 is 0. The van der Waals surface area contributed by atoms with Crippen molar-refractivity contribution in [3.63, 3.8) is 0 Å². The number of hydrogen-bond donors (Lipinski definition) is 0. The van der Waals surface area contributed by atoms with Crippen LogP contribution in [-0.4, -0.2) is 42.8 Å². The Kier molecular flexibility index (Phi) is 4.44. The zero-order chi connectivity index (χ0) is 18.6. The van der Waals surface area contributed by atoms with E-state index in [9.17, 15) is 4.79 Å². The molecule has 0 unspecified atom stereocenters. The number of para-hydroxylation sites is 1. The Morgan fingerprint density at radius 1 is 1.15 bits per heavy atom. The number of pyridine rings is 1. The van der Waals surface area contributed by atoms with Gasteiger partial charge < -0.3 is 9.42 Å². The fourth-order valence-corrected chi connectivity index (χ4v) is 2.75. The highest BCUT2D eigenvalue weighted by molar-refractivity contribution is 5.97. The lowest BCUT2D eigenvalue weighted by molar-refractivity contribution is 0.0772. The third-order valence-corrected chi connectivity index (χ3v) is 4.09. The monoisotopic (exact) mass is 360 g/mol. The number of nitrogens with zero attached hydrogens (tertiary/aromatic N) is 6. The van der Waals surface area contributed by atoms with E-state index in [0.29, 0.717) is 29.2 Å². The van der Waals surface area contributed by atoms with E-state index in [-0.39, 0.29) is 5.91 Å². The number of carbonyl (C=O) groups is 1. The summed E-state index contributed by atoms with van der Waals surface area (Å²) in [7, 11) is 1.72. The van der Waals surface area contributed by atoms with Crippen molar-refractivity contribution in [2.75, 3.05) is 7.05 Å². The molecule has 0 aliphatic rings. The SMILES string of the molecule is CN(Cc1cc(-c2cccnc2)no1)C(=O)c1ccccc1-n1cnnc1. The number of hydrogen-bond acceptors (Lipinski definition) is 6. The summed E-state index contributed by atoms with van der Waals surface area (Å²) in [5, 5.41) is 11.7. The quantitative estimate of drug-likeness (QED) is 0.543. The second-order valence-electron chi connectivity index (χ2n) is 5.97. The molecule has 0 saturated carbocycles. The third kappa shape index (κ3) is 3.45. The first-order valence-electron chi connectivity index (χ1n) is 8.28. The normalized spacial score (nSPS) is 10.7. The standard InChI is InChI=1S/C19H16N6O2/c1-24(11-15-9-17(23-27-15)14-5-4-8-20-10-14)19(26)16-6-2-3-7-18(16)25-12-21-22-13-25/h2-10,12-13H,11H2,1H3. The van der Waals surface area contributed by atoms with Crippen molar-refractivity contribution in [2.45, 2.75) is 6.54 Å². The largest absolute Gasteiger partial charge is 0.359 e. The van der Waals surface area contributed by atoms with Crippen molar-refractivity contribution in [3.05, 3.63) is 78.8 Å². The van der Waals surface area contributed by atoms with Gasteiger partial charge in [-0.05, 0) is 24.3 Å². The smallest absolute Gasteiger partial charge is 0.256 e. The van der Waals surface area contributed by atoms with Crippen molar-refractivity contribution in [3.8, 4) is 16.9 Å². The first-order valence-corrected chi connectivity index (χ1v) is 8.28. The molecule has 0 radical (unpaired) electrons. The highest BCUT2D eigenvalue weighted by Crippen LogP contribution is 2.20. The predicted octanol–water partition coefficient (Wildman–Crippen LogP) is 2.59. The van der Waals surface area contributed by atoms with E-state index >= 15 is 0 Å². The molecular formula is C19H16N6O2. The molecule has 4 rings (SSSR count). The molecule has 1 amide bonds. The van der Waals surface area contributed by atoms with Crippen LogP contribution in [-0.2, 0) is 6.54 Å². The molecular weight excluding hydrogens is 344 g/mol. The van der Waals surface area contributed by atoms with Crippen molar-refractivity contribution >= 4 is 5.91 Å². The van der Waals surface area contributed by atoms with Crippen molar-refractivity contribution in [1.29, 1.82) is 0 Å². The van der Waals surface area contributed by atoms with Crippen LogP contribution >= 0.6 is 0 Å². The molecule has 8 heteroatoms. The molecule has 0 fully saturated rings. The second kappa shape index (κ2) is 7.20. The van der Waals surface area contributed by atoms with E-state index < -0.39 is 0 Å².